The molecule has 20 heavy (non-hydrogen) atoms. The van der Waals surface area contributed by atoms with Gasteiger partial charge < -0.3 is 5.32 Å². The van der Waals surface area contributed by atoms with Crippen LogP contribution in [0.25, 0.3) is 0 Å². The van der Waals surface area contributed by atoms with E-state index < -0.39 is 0 Å². The van der Waals surface area contributed by atoms with E-state index in [-0.39, 0.29) is 0 Å². The number of nitrogens with zero attached hydrogens (tertiary/aromatic N) is 1. The molecule has 110 valence electrons. The highest BCUT2D eigenvalue weighted by molar-refractivity contribution is 5.33. The Labute approximate surface area is 123 Å². The first-order chi connectivity index (χ1) is 9.61. The van der Waals surface area contributed by atoms with Crippen LogP contribution in [0.15, 0.2) is 18.2 Å². The first-order valence-electron chi connectivity index (χ1n) is 8.14. The molecule has 1 spiro atoms. The van der Waals surface area contributed by atoms with E-state index in [1.54, 1.807) is 5.56 Å². The zero-order chi connectivity index (χ0) is 14.2. The van der Waals surface area contributed by atoms with E-state index in [4.69, 9.17) is 0 Å². The maximum absolute atomic E-state index is 3.72. The molecule has 3 rings (SSSR count). The third-order valence-corrected chi connectivity index (χ3v) is 5.47. The molecule has 1 saturated carbocycles. The molecule has 2 nitrogen and oxygen atoms in total. The first kappa shape index (κ1) is 14.1. The number of hydrogen-bond donors (Lipinski definition) is 1. The van der Waals surface area contributed by atoms with Gasteiger partial charge in [-0.05, 0) is 50.3 Å². The van der Waals surface area contributed by atoms with E-state index in [2.05, 4.69) is 49.2 Å². The molecular formula is C18H28N2. The van der Waals surface area contributed by atoms with E-state index in [1.165, 1.54) is 49.9 Å². The van der Waals surface area contributed by atoms with Crippen LogP contribution in [0, 0.1) is 13.8 Å². The van der Waals surface area contributed by atoms with Crippen molar-refractivity contribution in [3.05, 3.63) is 34.9 Å². The molecule has 0 aromatic heterocycles. The van der Waals surface area contributed by atoms with Crippen LogP contribution in [0.2, 0.25) is 0 Å². The van der Waals surface area contributed by atoms with Crippen molar-refractivity contribution < 1.29 is 0 Å². The molecule has 1 aliphatic carbocycles. The highest BCUT2D eigenvalue weighted by Crippen LogP contribution is 2.38. The second-order valence-corrected chi connectivity index (χ2v) is 6.96. The summed E-state index contributed by atoms with van der Waals surface area (Å²) in [6.07, 6.45) is 5.55. The van der Waals surface area contributed by atoms with Crippen molar-refractivity contribution in [2.24, 2.45) is 0 Å². The van der Waals surface area contributed by atoms with Crippen molar-refractivity contribution in [3.63, 3.8) is 0 Å². The molecule has 2 fully saturated rings. The minimum Gasteiger partial charge on any atom is -0.311 e. The molecule has 0 radical (unpaired) electrons. The number of benzene rings is 1. The molecule has 1 aliphatic heterocycles. The van der Waals surface area contributed by atoms with Crippen LogP contribution in [-0.2, 0) is 6.54 Å². The molecule has 1 aromatic rings. The third kappa shape index (κ3) is 2.51. The summed E-state index contributed by atoms with van der Waals surface area (Å²) in [5.41, 5.74) is 4.88. The summed E-state index contributed by atoms with van der Waals surface area (Å²) in [6.45, 7) is 10.3. The van der Waals surface area contributed by atoms with Gasteiger partial charge in [-0.3, -0.25) is 4.90 Å². The van der Waals surface area contributed by atoms with E-state index in [0.717, 1.165) is 6.54 Å². The Morgan fingerprint density at radius 2 is 1.85 bits per heavy atom. The zero-order valence-corrected chi connectivity index (χ0v) is 13.2. The lowest BCUT2D eigenvalue weighted by Gasteiger charge is -2.48. The number of piperazine rings is 1. The van der Waals surface area contributed by atoms with Crippen molar-refractivity contribution in [2.45, 2.75) is 64.6 Å². The monoisotopic (exact) mass is 272 g/mol. The van der Waals surface area contributed by atoms with Gasteiger partial charge in [0.2, 0.25) is 0 Å². The largest absolute Gasteiger partial charge is 0.311 e. The van der Waals surface area contributed by atoms with Gasteiger partial charge in [-0.15, -0.1) is 0 Å². The Kier molecular flexibility index (Phi) is 3.87. The molecule has 1 aromatic carbocycles. The summed E-state index contributed by atoms with van der Waals surface area (Å²) in [6, 6.07) is 7.32. The predicted molar refractivity (Wildman–Crippen MR) is 85.0 cm³/mol. The fourth-order valence-electron chi connectivity index (χ4n) is 4.11. The smallest absolute Gasteiger partial charge is 0.0338 e. The lowest BCUT2D eigenvalue weighted by molar-refractivity contribution is 0.0390. The van der Waals surface area contributed by atoms with Crippen LogP contribution in [-0.4, -0.2) is 29.6 Å². The Hall–Kier alpha value is -0.860. The number of hydrogen-bond acceptors (Lipinski definition) is 2. The maximum atomic E-state index is 3.72. The predicted octanol–water partition coefficient (Wildman–Crippen LogP) is 3.41. The summed E-state index contributed by atoms with van der Waals surface area (Å²) in [5, 5.41) is 3.72. The lowest BCUT2D eigenvalue weighted by Crippen LogP contribution is -2.62. The van der Waals surface area contributed by atoms with Crippen LogP contribution in [0.1, 0.15) is 49.3 Å². The third-order valence-electron chi connectivity index (χ3n) is 5.47. The van der Waals surface area contributed by atoms with E-state index >= 15 is 0 Å². The van der Waals surface area contributed by atoms with E-state index in [0.29, 0.717) is 11.6 Å². The molecule has 1 saturated heterocycles. The van der Waals surface area contributed by atoms with Gasteiger partial charge in [0.15, 0.2) is 0 Å². The SMILES string of the molecule is Cc1cccc(C)c1CN1CC(C)NCC12CCCC2. The number of rotatable bonds is 2. The fourth-order valence-corrected chi connectivity index (χ4v) is 4.11. The topological polar surface area (TPSA) is 15.3 Å². The Balaban J connectivity index is 1.86. The van der Waals surface area contributed by atoms with Crippen LogP contribution in [0.5, 0.6) is 0 Å². The van der Waals surface area contributed by atoms with E-state index in [9.17, 15) is 0 Å². The minimum absolute atomic E-state index is 0.432. The second kappa shape index (κ2) is 5.50. The van der Waals surface area contributed by atoms with Gasteiger partial charge >= 0.3 is 0 Å². The molecule has 2 heteroatoms. The summed E-state index contributed by atoms with van der Waals surface area (Å²) in [7, 11) is 0. The normalized spacial score (nSPS) is 26.2. The van der Waals surface area contributed by atoms with Crippen LogP contribution < -0.4 is 5.32 Å². The van der Waals surface area contributed by atoms with Gasteiger partial charge in [-0.1, -0.05) is 31.0 Å². The van der Waals surface area contributed by atoms with Gasteiger partial charge in [0.05, 0.1) is 0 Å². The highest BCUT2D eigenvalue weighted by Gasteiger charge is 2.42. The summed E-state index contributed by atoms with van der Waals surface area (Å²) >= 11 is 0. The van der Waals surface area contributed by atoms with Crippen molar-refractivity contribution in [1.82, 2.24) is 10.2 Å². The van der Waals surface area contributed by atoms with Crippen molar-refractivity contribution in [1.29, 1.82) is 0 Å². The quantitative estimate of drug-likeness (QED) is 0.887. The molecule has 1 N–H and O–H groups in total. The van der Waals surface area contributed by atoms with Gasteiger partial charge in [0, 0.05) is 31.2 Å². The van der Waals surface area contributed by atoms with Crippen LogP contribution >= 0.6 is 0 Å². The standard InChI is InChI=1S/C18H28N2/c1-14-7-6-8-15(2)17(14)12-20-11-16(3)19-13-18(20)9-4-5-10-18/h6-8,16,19H,4-5,9-13H2,1-3H3. The van der Waals surface area contributed by atoms with Crippen LogP contribution in [0.4, 0.5) is 0 Å². The van der Waals surface area contributed by atoms with Gasteiger partial charge in [-0.2, -0.15) is 0 Å². The summed E-state index contributed by atoms with van der Waals surface area (Å²) < 4.78 is 0. The Morgan fingerprint density at radius 1 is 1.20 bits per heavy atom. The summed E-state index contributed by atoms with van der Waals surface area (Å²) in [4.78, 5) is 2.79. The molecule has 0 amide bonds. The van der Waals surface area contributed by atoms with Crippen molar-refractivity contribution in [2.75, 3.05) is 13.1 Å². The average Bonchev–Trinajstić information content (AvgIpc) is 2.88. The van der Waals surface area contributed by atoms with Crippen molar-refractivity contribution >= 4 is 0 Å². The molecule has 1 heterocycles. The summed E-state index contributed by atoms with van der Waals surface area (Å²) in [5.74, 6) is 0. The van der Waals surface area contributed by atoms with E-state index in [1.807, 2.05) is 0 Å². The zero-order valence-electron chi connectivity index (χ0n) is 13.2. The number of nitrogens with one attached hydrogen (secondary N) is 1. The van der Waals surface area contributed by atoms with Crippen LogP contribution in [0.3, 0.4) is 0 Å². The average molecular weight is 272 g/mol. The highest BCUT2D eigenvalue weighted by atomic mass is 15.3. The first-order valence-corrected chi connectivity index (χ1v) is 8.14. The van der Waals surface area contributed by atoms with Gasteiger partial charge in [0.25, 0.3) is 0 Å². The van der Waals surface area contributed by atoms with Crippen molar-refractivity contribution in [3.8, 4) is 0 Å². The second-order valence-electron chi connectivity index (χ2n) is 6.96. The molecular weight excluding hydrogens is 244 g/mol. The number of aryl methyl sites for hydroxylation is 2. The Morgan fingerprint density at radius 3 is 2.50 bits per heavy atom. The van der Waals surface area contributed by atoms with Gasteiger partial charge in [0.1, 0.15) is 0 Å². The fraction of sp³-hybridized carbons (Fsp3) is 0.667. The molecule has 2 aliphatic rings. The lowest BCUT2D eigenvalue weighted by atomic mass is 9.89. The minimum atomic E-state index is 0.432. The van der Waals surface area contributed by atoms with Gasteiger partial charge in [-0.25, -0.2) is 0 Å². The Bertz CT molecular complexity index is 454. The molecule has 1 atom stereocenters. The maximum Gasteiger partial charge on any atom is 0.0338 e. The molecule has 0 bridgehead atoms. The molecule has 1 unspecified atom stereocenters.